The van der Waals surface area contributed by atoms with Gasteiger partial charge in [-0.15, -0.1) is 0 Å². The molecule has 1 aromatic rings. The van der Waals surface area contributed by atoms with Crippen LogP contribution in [-0.4, -0.2) is 30.6 Å². The standard InChI is InChI=1S/C16H22F2N2/c17-14-4-1-3-13(16(14)18)11-20-9-6-12(7-10-20)15-5-2-8-19-15/h1,3-4,12,15,19H,2,5-11H2. The Hall–Kier alpha value is -1.00. The summed E-state index contributed by atoms with van der Waals surface area (Å²) in [5.41, 5.74) is 0.474. The van der Waals surface area contributed by atoms with Gasteiger partial charge in [0.1, 0.15) is 0 Å². The van der Waals surface area contributed by atoms with Crippen molar-refractivity contribution >= 4 is 0 Å². The first-order valence-corrected chi connectivity index (χ1v) is 7.62. The van der Waals surface area contributed by atoms with Gasteiger partial charge in [-0.1, -0.05) is 12.1 Å². The van der Waals surface area contributed by atoms with Gasteiger partial charge in [-0.2, -0.15) is 0 Å². The largest absolute Gasteiger partial charge is 0.314 e. The van der Waals surface area contributed by atoms with Crippen molar-refractivity contribution in [1.82, 2.24) is 10.2 Å². The van der Waals surface area contributed by atoms with E-state index in [4.69, 9.17) is 0 Å². The summed E-state index contributed by atoms with van der Waals surface area (Å²) in [6.07, 6.45) is 4.91. The fourth-order valence-electron chi connectivity index (χ4n) is 3.54. The summed E-state index contributed by atoms with van der Waals surface area (Å²) in [6.45, 7) is 3.64. The van der Waals surface area contributed by atoms with Gasteiger partial charge in [-0.05, 0) is 57.3 Å². The van der Waals surface area contributed by atoms with Crippen LogP contribution in [-0.2, 0) is 6.54 Å². The number of likely N-dealkylation sites (tertiary alicyclic amines) is 1. The van der Waals surface area contributed by atoms with Crippen LogP contribution in [0.1, 0.15) is 31.2 Å². The van der Waals surface area contributed by atoms with Crippen LogP contribution < -0.4 is 5.32 Å². The molecule has 1 atom stereocenters. The van der Waals surface area contributed by atoms with Gasteiger partial charge in [0.25, 0.3) is 0 Å². The Balaban J connectivity index is 1.54. The molecule has 110 valence electrons. The van der Waals surface area contributed by atoms with Crippen LogP contribution in [0.15, 0.2) is 18.2 Å². The molecule has 0 spiro atoms. The van der Waals surface area contributed by atoms with Crippen molar-refractivity contribution in [2.45, 2.75) is 38.3 Å². The average molecular weight is 280 g/mol. The lowest BCUT2D eigenvalue weighted by atomic mass is 9.88. The second-order valence-electron chi connectivity index (χ2n) is 6.03. The molecule has 2 heterocycles. The van der Waals surface area contributed by atoms with Crippen LogP contribution in [0.2, 0.25) is 0 Å². The van der Waals surface area contributed by atoms with Crippen LogP contribution >= 0.6 is 0 Å². The summed E-state index contributed by atoms with van der Waals surface area (Å²) < 4.78 is 26.9. The second-order valence-corrected chi connectivity index (χ2v) is 6.03. The zero-order chi connectivity index (χ0) is 13.9. The molecule has 1 unspecified atom stereocenters. The summed E-state index contributed by atoms with van der Waals surface area (Å²) in [7, 11) is 0. The van der Waals surface area contributed by atoms with Crippen LogP contribution in [0.4, 0.5) is 8.78 Å². The number of rotatable bonds is 3. The molecular formula is C16H22F2N2. The van der Waals surface area contributed by atoms with E-state index in [1.54, 1.807) is 12.1 Å². The molecule has 1 N–H and O–H groups in total. The number of nitrogens with one attached hydrogen (secondary N) is 1. The molecule has 2 aliphatic heterocycles. The Morgan fingerprint density at radius 1 is 1.15 bits per heavy atom. The smallest absolute Gasteiger partial charge is 0.163 e. The lowest BCUT2D eigenvalue weighted by Crippen LogP contribution is -2.40. The lowest BCUT2D eigenvalue weighted by Gasteiger charge is -2.35. The van der Waals surface area contributed by atoms with Crippen molar-refractivity contribution in [3.8, 4) is 0 Å². The van der Waals surface area contributed by atoms with Gasteiger partial charge >= 0.3 is 0 Å². The van der Waals surface area contributed by atoms with Gasteiger partial charge < -0.3 is 5.32 Å². The molecule has 2 aliphatic rings. The number of halogens is 2. The molecule has 1 aromatic carbocycles. The van der Waals surface area contributed by atoms with Gasteiger partial charge in [-0.3, -0.25) is 4.90 Å². The monoisotopic (exact) mass is 280 g/mol. The topological polar surface area (TPSA) is 15.3 Å². The van der Waals surface area contributed by atoms with Crippen LogP contribution in [0, 0.1) is 17.6 Å². The number of hydrogen-bond acceptors (Lipinski definition) is 2. The minimum atomic E-state index is -0.743. The third kappa shape index (κ3) is 3.01. The third-order valence-electron chi connectivity index (χ3n) is 4.73. The van der Waals surface area contributed by atoms with Crippen LogP contribution in [0.5, 0.6) is 0 Å². The number of benzene rings is 1. The molecule has 2 fully saturated rings. The van der Waals surface area contributed by atoms with Gasteiger partial charge in [0.2, 0.25) is 0 Å². The quantitative estimate of drug-likeness (QED) is 0.916. The predicted octanol–water partition coefficient (Wildman–Crippen LogP) is 2.93. The molecule has 0 amide bonds. The third-order valence-corrected chi connectivity index (χ3v) is 4.73. The maximum absolute atomic E-state index is 13.7. The number of hydrogen-bond donors (Lipinski definition) is 1. The van der Waals surface area contributed by atoms with Crippen LogP contribution in [0.25, 0.3) is 0 Å². The summed E-state index contributed by atoms with van der Waals surface area (Å²) >= 11 is 0. The van der Waals surface area contributed by atoms with E-state index >= 15 is 0 Å². The zero-order valence-electron chi connectivity index (χ0n) is 11.7. The molecule has 0 radical (unpaired) electrons. The Morgan fingerprint density at radius 2 is 1.95 bits per heavy atom. The highest BCUT2D eigenvalue weighted by atomic mass is 19.2. The molecular weight excluding hydrogens is 258 g/mol. The molecule has 2 saturated heterocycles. The van der Waals surface area contributed by atoms with Gasteiger partial charge in [0, 0.05) is 18.2 Å². The zero-order valence-corrected chi connectivity index (χ0v) is 11.7. The maximum Gasteiger partial charge on any atom is 0.163 e. The van der Waals surface area contributed by atoms with E-state index in [1.807, 2.05) is 0 Å². The van der Waals surface area contributed by atoms with E-state index in [0.717, 1.165) is 38.4 Å². The Kier molecular flexibility index (Phi) is 4.32. The SMILES string of the molecule is Fc1cccc(CN2CCC(C3CCCN3)CC2)c1F. The minimum Gasteiger partial charge on any atom is -0.314 e. The fourth-order valence-corrected chi connectivity index (χ4v) is 3.54. The molecule has 0 bridgehead atoms. The first-order valence-electron chi connectivity index (χ1n) is 7.62. The summed E-state index contributed by atoms with van der Waals surface area (Å²) in [6, 6.07) is 5.13. The molecule has 0 aliphatic carbocycles. The van der Waals surface area contributed by atoms with Crippen molar-refractivity contribution in [1.29, 1.82) is 0 Å². The highest BCUT2D eigenvalue weighted by molar-refractivity contribution is 5.18. The number of nitrogens with zero attached hydrogens (tertiary/aromatic N) is 1. The Morgan fingerprint density at radius 3 is 2.65 bits per heavy atom. The van der Waals surface area contributed by atoms with E-state index in [-0.39, 0.29) is 0 Å². The van der Waals surface area contributed by atoms with Crippen molar-refractivity contribution < 1.29 is 8.78 Å². The van der Waals surface area contributed by atoms with Crippen molar-refractivity contribution in [2.24, 2.45) is 5.92 Å². The first kappa shape index (κ1) is 14.0. The summed E-state index contributed by atoms with van der Waals surface area (Å²) in [4.78, 5) is 2.24. The van der Waals surface area contributed by atoms with Gasteiger partial charge in [0.15, 0.2) is 11.6 Å². The first-order chi connectivity index (χ1) is 9.74. The molecule has 20 heavy (non-hydrogen) atoms. The summed E-state index contributed by atoms with van der Waals surface area (Å²) in [5, 5.41) is 3.58. The average Bonchev–Trinajstić information content (AvgIpc) is 2.99. The van der Waals surface area contributed by atoms with E-state index in [1.165, 1.54) is 18.9 Å². The molecule has 0 saturated carbocycles. The van der Waals surface area contributed by atoms with Gasteiger partial charge in [0.05, 0.1) is 0 Å². The Labute approximate surface area is 119 Å². The number of piperidine rings is 1. The van der Waals surface area contributed by atoms with E-state index in [9.17, 15) is 8.78 Å². The highest BCUT2D eigenvalue weighted by Gasteiger charge is 2.28. The maximum atomic E-state index is 13.7. The second kappa shape index (κ2) is 6.19. The van der Waals surface area contributed by atoms with E-state index in [2.05, 4.69) is 10.2 Å². The fraction of sp³-hybridized carbons (Fsp3) is 0.625. The van der Waals surface area contributed by atoms with Crippen molar-refractivity contribution in [3.05, 3.63) is 35.4 Å². The van der Waals surface area contributed by atoms with E-state index < -0.39 is 11.6 Å². The lowest BCUT2D eigenvalue weighted by molar-refractivity contribution is 0.155. The Bertz CT molecular complexity index is 450. The van der Waals surface area contributed by atoms with Gasteiger partial charge in [-0.25, -0.2) is 8.78 Å². The molecule has 3 rings (SSSR count). The normalized spacial score (nSPS) is 25.2. The predicted molar refractivity (Wildman–Crippen MR) is 75.4 cm³/mol. The highest BCUT2D eigenvalue weighted by Crippen LogP contribution is 2.26. The minimum absolute atomic E-state index is 0.474. The molecule has 4 heteroatoms. The molecule has 2 nitrogen and oxygen atoms in total. The molecule has 0 aromatic heterocycles. The van der Waals surface area contributed by atoms with Crippen LogP contribution in [0.3, 0.4) is 0 Å². The van der Waals surface area contributed by atoms with Crippen molar-refractivity contribution in [3.63, 3.8) is 0 Å². The summed E-state index contributed by atoms with van der Waals surface area (Å²) in [5.74, 6) is -0.675. The van der Waals surface area contributed by atoms with E-state index in [0.29, 0.717) is 18.2 Å². The van der Waals surface area contributed by atoms with Crippen molar-refractivity contribution in [2.75, 3.05) is 19.6 Å².